The minimum absolute atomic E-state index is 0.0926. The summed E-state index contributed by atoms with van der Waals surface area (Å²) in [6.07, 6.45) is 15.0. The van der Waals surface area contributed by atoms with Gasteiger partial charge in [0.25, 0.3) is 0 Å². The van der Waals surface area contributed by atoms with E-state index in [0.29, 0.717) is 6.54 Å². The van der Waals surface area contributed by atoms with Crippen molar-refractivity contribution >= 4 is 0 Å². The molecule has 0 bridgehead atoms. The van der Waals surface area contributed by atoms with E-state index >= 15 is 0 Å². The number of rotatable bonds is 15. The van der Waals surface area contributed by atoms with Crippen LogP contribution in [-0.2, 0) is 0 Å². The van der Waals surface area contributed by atoms with Gasteiger partial charge in [0, 0.05) is 6.54 Å². The lowest BCUT2D eigenvalue weighted by Gasteiger charge is -2.11. The Balaban J connectivity index is 3.02. The van der Waals surface area contributed by atoms with E-state index in [9.17, 15) is 5.11 Å². The fourth-order valence-electron chi connectivity index (χ4n) is 2.34. The van der Waals surface area contributed by atoms with Crippen LogP contribution in [0.15, 0.2) is 0 Å². The van der Waals surface area contributed by atoms with Crippen LogP contribution in [0.1, 0.15) is 84.0 Å². The monoisotopic (exact) mass is 273 g/mol. The standard InChI is InChI=1S/C16H35NO2/c1-2-3-4-5-6-7-8-9-10-11-12-13-16(19)17-14-15-18/h16-19H,2-15H2,1H3. The summed E-state index contributed by atoms with van der Waals surface area (Å²) in [5.74, 6) is 0. The average Bonchev–Trinajstić information content (AvgIpc) is 2.42. The number of hydrogen-bond acceptors (Lipinski definition) is 3. The van der Waals surface area contributed by atoms with Crippen LogP contribution in [0, 0.1) is 0 Å². The molecule has 1 unspecified atom stereocenters. The summed E-state index contributed by atoms with van der Waals surface area (Å²) in [5.41, 5.74) is 0. The number of aliphatic hydroxyl groups is 2. The molecule has 0 rings (SSSR count). The Labute approximate surface area is 119 Å². The molecular weight excluding hydrogens is 238 g/mol. The molecular formula is C16H35NO2. The van der Waals surface area contributed by atoms with Gasteiger partial charge in [-0.25, -0.2) is 0 Å². The molecule has 0 fully saturated rings. The van der Waals surface area contributed by atoms with Gasteiger partial charge in [0.15, 0.2) is 0 Å². The van der Waals surface area contributed by atoms with Crippen molar-refractivity contribution < 1.29 is 10.2 Å². The molecule has 116 valence electrons. The molecule has 0 heterocycles. The Morgan fingerprint density at radius 3 is 1.74 bits per heavy atom. The third-order valence-electron chi connectivity index (χ3n) is 3.57. The molecule has 0 aromatic carbocycles. The minimum atomic E-state index is -0.439. The van der Waals surface area contributed by atoms with Crippen LogP contribution in [-0.4, -0.2) is 29.6 Å². The van der Waals surface area contributed by atoms with Crippen LogP contribution in [0.2, 0.25) is 0 Å². The molecule has 19 heavy (non-hydrogen) atoms. The van der Waals surface area contributed by atoms with E-state index in [1.54, 1.807) is 0 Å². The van der Waals surface area contributed by atoms with Gasteiger partial charge in [-0.15, -0.1) is 0 Å². The highest BCUT2D eigenvalue weighted by atomic mass is 16.3. The Kier molecular flexibility index (Phi) is 15.8. The van der Waals surface area contributed by atoms with Crippen molar-refractivity contribution in [3.8, 4) is 0 Å². The van der Waals surface area contributed by atoms with Crippen molar-refractivity contribution in [2.24, 2.45) is 0 Å². The van der Waals surface area contributed by atoms with Crippen LogP contribution in [0.5, 0.6) is 0 Å². The maximum atomic E-state index is 9.50. The summed E-state index contributed by atoms with van der Waals surface area (Å²) in [6, 6.07) is 0. The lowest BCUT2D eigenvalue weighted by atomic mass is 10.1. The molecule has 3 N–H and O–H groups in total. The molecule has 3 heteroatoms. The van der Waals surface area contributed by atoms with Crippen LogP contribution in [0.3, 0.4) is 0 Å². The second-order valence-corrected chi connectivity index (χ2v) is 5.52. The van der Waals surface area contributed by atoms with E-state index in [1.165, 1.54) is 64.2 Å². The smallest absolute Gasteiger partial charge is 0.104 e. The summed E-state index contributed by atoms with van der Waals surface area (Å²) in [7, 11) is 0. The highest BCUT2D eigenvalue weighted by Crippen LogP contribution is 2.12. The summed E-state index contributed by atoms with van der Waals surface area (Å²) in [5, 5.41) is 21.0. The van der Waals surface area contributed by atoms with Gasteiger partial charge >= 0.3 is 0 Å². The van der Waals surface area contributed by atoms with Crippen molar-refractivity contribution in [1.29, 1.82) is 0 Å². The zero-order valence-electron chi connectivity index (χ0n) is 12.9. The highest BCUT2D eigenvalue weighted by Gasteiger charge is 2.01. The quantitative estimate of drug-likeness (QED) is 0.316. The lowest BCUT2D eigenvalue weighted by molar-refractivity contribution is 0.116. The first-order valence-electron chi connectivity index (χ1n) is 8.33. The zero-order chi connectivity index (χ0) is 14.2. The number of unbranched alkanes of at least 4 members (excludes halogenated alkanes) is 10. The SMILES string of the molecule is CCCCCCCCCCCCCC(O)NCCO. The van der Waals surface area contributed by atoms with E-state index in [-0.39, 0.29) is 6.61 Å². The van der Waals surface area contributed by atoms with Gasteiger partial charge in [0.05, 0.1) is 6.61 Å². The van der Waals surface area contributed by atoms with Gasteiger partial charge in [-0.2, -0.15) is 0 Å². The zero-order valence-corrected chi connectivity index (χ0v) is 12.9. The topological polar surface area (TPSA) is 52.5 Å². The van der Waals surface area contributed by atoms with Gasteiger partial charge in [-0.05, 0) is 12.8 Å². The van der Waals surface area contributed by atoms with Gasteiger partial charge in [0.2, 0.25) is 0 Å². The molecule has 0 aliphatic heterocycles. The van der Waals surface area contributed by atoms with E-state index < -0.39 is 6.23 Å². The number of hydrogen-bond donors (Lipinski definition) is 3. The third-order valence-corrected chi connectivity index (χ3v) is 3.57. The molecule has 0 aliphatic rings. The molecule has 3 nitrogen and oxygen atoms in total. The van der Waals surface area contributed by atoms with Crippen molar-refractivity contribution in [3.05, 3.63) is 0 Å². The first kappa shape index (κ1) is 18.9. The molecule has 0 radical (unpaired) electrons. The molecule has 0 amide bonds. The predicted octanol–water partition coefficient (Wildman–Crippen LogP) is 3.59. The molecule has 0 saturated carbocycles. The van der Waals surface area contributed by atoms with Gasteiger partial charge in [0.1, 0.15) is 6.23 Å². The maximum Gasteiger partial charge on any atom is 0.104 e. The Morgan fingerprint density at radius 2 is 1.26 bits per heavy atom. The minimum Gasteiger partial charge on any atom is -0.395 e. The third kappa shape index (κ3) is 15.8. The summed E-state index contributed by atoms with van der Waals surface area (Å²) in [6.45, 7) is 2.84. The second kappa shape index (κ2) is 15.9. The highest BCUT2D eigenvalue weighted by molar-refractivity contribution is 4.54. The van der Waals surface area contributed by atoms with Crippen molar-refractivity contribution in [3.63, 3.8) is 0 Å². The van der Waals surface area contributed by atoms with Crippen LogP contribution in [0.4, 0.5) is 0 Å². The van der Waals surface area contributed by atoms with Gasteiger partial charge in [-0.3, -0.25) is 5.32 Å². The van der Waals surface area contributed by atoms with E-state index in [4.69, 9.17) is 5.11 Å². The molecule has 0 saturated heterocycles. The molecule has 0 aromatic rings. The van der Waals surface area contributed by atoms with Crippen LogP contribution in [0.25, 0.3) is 0 Å². The lowest BCUT2D eigenvalue weighted by Crippen LogP contribution is -2.30. The second-order valence-electron chi connectivity index (χ2n) is 5.52. The van der Waals surface area contributed by atoms with Crippen molar-refractivity contribution in [2.45, 2.75) is 90.2 Å². The van der Waals surface area contributed by atoms with Crippen LogP contribution >= 0.6 is 0 Å². The number of aliphatic hydroxyl groups excluding tert-OH is 2. The fraction of sp³-hybridized carbons (Fsp3) is 1.00. The first-order valence-corrected chi connectivity index (χ1v) is 8.33. The van der Waals surface area contributed by atoms with Crippen molar-refractivity contribution in [1.82, 2.24) is 5.32 Å². The largest absolute Gasteiger partial charge is 0.395 e. The van der Waals surface area contributed by atoms with E-state index in [0.717, 1.165) is 12.8 Å². The number of nitrogens with one attached hydrogen (secondary N) is 1. The molecule has 0 spiro atoms. The van der Waals surface area contributed by atoms with Crippen molar-refractivity contribution in [2.75, 3.05) is 13.2 Å². The summed E-state index contributed by atoms with van der Waals surface area (Å²) >= 11 is 0. The Hall–Kier alpha value is -0.120. The fourth-order valence-corrected chi connectivity index (χ4v) is 2.34. The summed E-state index contributed by atoms with van der Waals surface area (Å²) in [4.78, 5) is 0. The predicted molar refractivity (Wildman–Crippen MR) is 82.2 cm³/mol. The molecule has 1 atom stereocenters. The van der Waals surface area contributed by atoms with Gasteiger partial charge in [-0.1, -0.05) is 71.1 Å². The molecule has 0 aromatic heterocycles. The van der Waals surface area contributed by atoms with E-state index in [2.05, 4.69) is 12.2 Å². The normalized spacial score (nSPS) is 12.8. The van der Waals surface area contributed by atoms with Crippen LogP contribution < -0.4 is 5.32 Å². The summed E-state index contributed by atoms with van der Waals surface area (Å²) < 4.78 is 0. The maximum absolute atomic E-state index is 9.50. The van der Waals surface area contributed by atoms with E-state index in [1.807, 2.05) is 0 Å². The molecule has 0 aliphatic carbocycles. The van der Waals surface area contributed by atoms with Gasteiger partial charge < -0.3 is 10.2 Å². The Morgan fingerprint density at radius 1 is 0.789 bits per heavy atom. The average molecular weight is 273 g/mol. The Bertz CT molecular complexity index is 165. The first-order chi connectivity index (χ1) is 9.31.